The number of ether oxygens (including phenoxy) is 1. The number of phenolic OH excluding ortho intramolecular Hbond substituents is 1. The Balaban J connectivity index is 2.03. The molecule has 102 valence electrons. The molecule has 1 unspecified atom stereocenters. The lowest BCUT2D eigenvalue weighted by atomic mass is 10.0. The van der Waals surface area contributed by atoms with Gasteiger partial charge in [-0.3, -0.25) is 0 Å². The van der Waals surface area contributed by atoms with Crippen LogP contribution in [0.3, 0.4) is 0 Å². The molecule has 1 atom stereocenters. The minimum Gasteiger partial charge on any atom is -0.507 e. The Bertz CT molecular complexity index is 534. The van der Waals surface area contributed by atoms with E-state index in [1.807, 2.05) is 30.3 Å². The lowest BCUT2D eigenvalue weighted by Gasteiger charge is -2.11. The summed E-state index contributed by atoms with van der Waals surface area (Å²) in [4.78, 5) is 0. The molecule has 2 nitrogen and oxygen atoms in total. The maximum Gasteiger partial charge on any atom is 0.127 e. The van der Waals surface area contributed by atoms with Crippen molar-refractivity contribution in [2.24, 2.45) is 5.92 Å². The van der Waals surface area contributed by atoms with Crippen molar-refractivity contribution in [3.8, 4) is 11.5 Å². The van der Waals surface area contributed by atoms with Gasteiger partial charge in [-0.1, -0.05) is 44.5 Å². The van der Waals surface area contributed by atoms with Crippen molar-refractivity contribution in [2.75, 3.05) is 6.61 Å². The molecule has 0 aliphatic carbocycles. The zero-order valence-corrected chi connectivity index (χ0v) is 11.7. The van der Waals surface area contributed by atoms with Crippen molar-refractivity contribution in [1.82, 2.24) is 0 Å². The van der Waals surface area contributed by atoms with Gasteiger partial charge in [0.15, 0.2) is 0 Å². The zero-order chi connectivity index (χ0) is 13.7. The molecule has 0 amide bonds. The van der Waals surface area contributed by atoms with Crippen LogP contribution in [0, 0.1) is 5.92 Å². The predicted molar refractivity (Wildman–Crippen MR) is 79.8 cm³/mol. The summed E-state index contributed by atoms with van der Waals surface area (Å²) >= 11 is 0. The first-order valence-corrected chi connectivity index (χ1v) is 7.06. The molecule has 0 saturated heterocycles. The average molecular weight is 258 g/mol. The Morgan fingerprint density at radius 1 is 1.11 bits per heavy atom. The van der Waals surface area contributed by atoms with E-state index in [9.17, 15) is 5.11 Å². The molecule has 0 spiro atoms. The van der Waals surface area contributed by atoms with Crippen molar-refractivity contribution >= 4 is 10.8 Å². The van der Waals surface area contributed by atoms with Crippen LogP contribution in [0.4, 0.5) is 0 Å². The van der Waals surface area contributed by atoms with E-state index in [1.54, 1.807) is 6.07 Å². The molecular formula is C17H22O2. The SMILES string of the molecule is CCC(C)CCCOc1cccc2c(O)cccc12. The molecule has 0 aromatic heterocycles. The van der Waals surface area contributed by atoms with E-state index < -0.39 is 0 Å². The fourth-order valence-corrected chi connectivity index (χ4v) is 2.21. The second kappa shape index (κ2) is 6.46. The zero-order valence-electron chi connectivity index (χ0n) is 11.7. The van der Waals surface area contributed by atoms with Crippen molar-refractivity contribution in [3.63, 3.8) is 0 Å². The third-order valence-corrected chi connectivity index (χ3v) is 3.65. The highest BCUT2D eigenvalue weighted by molar-refractivity contribution is 5.92. The van der Waals surface area contributed by atoms with Gasteiger partial charge in [-0.25, -0.2) is 0 Å². The van der Waals surface area contributed by atoms with E-state index in [0.717, 1.165) is 35.5 Å². The summed E-state index contributed by atoms with van der Waals surface area (Å²) in [5.74, 6) is 1.93. The summed E-state index contributed by atoms with van der Waals surface area (Å²) in [6.45, 7) is 5.23. The van der Waals surface area contributed by atoms with Crippen molar-refractivity contribution in [3.05, 3.63) is 36.4 Å². The minimum absolute atomic E-state index is 0.308. The first-order chi connectivity index (χ1) is 9.22. The Morgan fingerprint density at radius 3 is 2.63 bits per heavy atom. The van der Waals surface area contributed by atoms with E-state index in [0.29, 0.717) is 5.75 Å². The van der Waals surface area contributed by atoms with Crippen LogP contribution >= 0.6 is 0 Å². The summed E-state index contributed by atoms with van der Waals surface area (Å²) < 4.78 is 5.86. The second-order valence-electron chi connectivity index (χ2n) is 5.13. The highest BCUT2D eigenvalue weighted by atomic mass is 16.5. The molecule has 2 aromatic carbocycles. The first-order valence-electron chi connectivity index (χ1n) is 7.06. The van der Waals surface area contributed by atoms with Crippen LogP contribution in [0.5, 0.6) is 11.5 Å². The van der Waals surface area contributed by atoms with Gasteiger partial charge in [-0.2, -0.15) is 0 Å². The van der Waals surface area contributed by atoms with Crippen molar-refractivity contribution in [1.29, 1.82) is 0 Å². The van der Waals surface area contributed by atoms with Gasteiger partial charge in [-0.15, -0.1) is 0 Å². The number of hydrogen-bond acceptors (Lipinski definition) is 2. The van der Waals surface area contributed by atoms with E-state index in [4.69, 9.17) is 4.74 Å². The highest BCUT2D eigenvalue weighted by Crippen LogP contribution is 2.31. The third-order valence-electron chi connectivity index (χ3n) is 3.65. The smallest absolute Gasteiger partial charge is 0.127 e. The number of hydrogen-bond donors (Lipinski definition) is 1. The van der Waals surface area contributed by atoms with E-state index in [1.165, 1.54) is 12.8 Å². The van der Waals surface area contributed by atoms with E-state index in [-0.39, 0.29) is 0 Å². The molecule has 0 fully saturated rings. The van der Waals surface area contributed by atoms with Crippen LogP contribution in [0.2, 0.25) is 0 Å². The molecule has 19 heavy (non-hydrogen) atoms. The highest BCUT2D eigenvalue weighted by Gasteiger charge is 2.05. The van der Waals surface area contributed by atoms with Gasteiger partial charge in [0.05, 0.1) is 6.61 Å². The summed E-state index contributed by atoms with van der Waals surface area (Å²) in [5.41, 5.74) is 0. The Kier molecular flexibility index (Phi) is 4.67. The van der Waals surface area contributed by atoms with Gasteiger partial charge in [-0.05, 0) is 30.9 Å². The molecule has 2 aromatic rings. The summed E-state index contributed by atoms with van der Waals surface area (Å²) in [5, 5.41) is 11.6. The molecule has 2 rings (SSSR count). The molecule has 0 saturated carbocycles. The molecule has 2 heteroatoms. The molecule has 0 aliphatic heterocycles. The average Bonchev–Trinajstić information content (AvgIpc) is 2.44. The number of fused-ring (bicyclic) bond motifs is 1. The van der Waals surface area contributed by atoms with Crippen LogP contribution in [0.25, 0.3) is 10.8 Å². The van der Waals surface area contributed by atoms with Crippen LogP contribution in [-0.4, -0.2) is 11.7 Å². The second-order valence-corrected chi connectivity index (χ2v) is 5.13. The quantitative estimate of drug-likeness (QED) is 0.758. The van der Waals surface area contributed by atoms with Gasteiger partial charge >= 0.3 is 0 Å². The van der Waals surface area contributed by atoms with Gasteiger partial charge in [0.1, 0.15) is 11.5 Å². The monoisotopic (exact) mass is 258 g/mol. The molecule has 0 heterocycles. The Morgan fingerprint density at radius 2 is 1.84 bits per heavy atom. The maximum absolute atomic E-state index is 9.82. The van der Waals surface area contributed by atoms with Crippen LogP contribution in [0.1, 0.15) is 33.1 Å². The topological polar surface area (TPSA) is 29.5 Å². The number of rotatable bonds is 6. The van der Waals surface area contributed by atoms with Crippen LogP contribution in [0.15, 0.2) is 36.4 Å². The molecule has 0 aliphatic rings. The lowest BCUT2D eigenvalue weighted by molar-refractivity contribution is 0.297. The van der Waals surface area contributed by atoms with Crippen LogP contribution in [-0.2, 0) is 0 Å². The maximum atomic E-state index is 9.82. The molecular weight excluding hydrogens is 236 g/mol. The van der Waals surface area contributed by atoms with Gasteiger partial charge in [0, 0.05) is 10.8 Å². The Hall–Kier alpha value is -1.70. The lowest BCUT2D eigenvalue weighted by Crippen LogP contribution is -2.01. The summed E-state index contributed by atoms with van der Waals surface area (Å²) in [7, 11) is 0. The largest absolute Gasteiger partial charge is 0.507 e. The molecule has 0 bridgehead atoms. The van der Waals surface area contributed by atoms with Crippen molar-refractivity contribution in [2.45, 2.75) is 33.1 Å². The number of benzene rings is 2. The van der Waals surface area contributed by atoms with Gasteiger partial charge < -0.3 is 9.84 Å². The van der Waals surface area contributed by atoms with Gasteiger partial charge in [0.25, 0.3) is 0 Å². The fourth-order valence-electron chi connectivity index (χ4n) is 2.21. The summed E-state index contributed by atoms with van der Waals surface area (Å²) in [6, 6.07) is 11.3. The first kappa shape index (κ1) is 13.7. The van der Waals surface area contributed by atoms with E-state index in [2.05, 4.69) is 13.8 Å². The summed E-state index contributed by atoms with van der Waals surface area (Å²) in [6.07, 6.45) is 3.50. The number of aromatic hydroxyl groups is 1. The normalized spacial score (nSPS) is 12.5. The van der Waals surface area contributed by atoms with Crippen molar-refractivity contribution < 1.29 is 9.84 Å². The third kappa shape index (κ3) is 3.40. The predicted octanol–water partition coefficient (Wildman–Crippen LogP) is 4.75. The standard InChI is InChI=1S/C17H22O2/c1-3-13(2)7-6-12-19-17-11-5-8-14-15(17)9-4-10-16(14)18/h4-5,8-11,13,18H,3,6-7,12H2,1-2H3. The molecule has 0 radical (unpaired) electrons. The van der Waals surface area contributed by atoms with E-state index >= 15 is 0 Å². The Labute approximate surface area is 115 Å². The van der Waals surface area contributed by atoms with Gasteiger partial charge in [0.2, 0.25) is 0 Å². The number of phenols is 1. The fraction of sp³-hybridized carbons (Fsp3) is 0.412. The molecule has 1 N–H and O–H groups in total. The van der Waals surface area contributed by atoms with Crippen LogP contribution < -0.4 is 4.74 Å². The minimum atomic E-state index is 0.308.